The predicted molar refractivity (Wildman–Crippen MR) is 64.6 cm³/mol. The number of aliphatic hydroxyl groups is 1. The highest BCUT2D eigenvalue weighted by Crippen LogP contribution is 2.15. The standard InChI is InChI=1S/C12H18N2O2/c1-12(2,8-15)14-11(16)9-6-4-5-7-10(9)13-3/h4-7,13,15H,8H2,1-3H3,(H,14,16). The highest BCUT2D eigenvalue weighted by Gasteiger charge is 2.21. The average molecular weight is 222 g/mol. The van der Waals surface area contributed by atoms with E-state index in [9.17, 15) is 4.79 Å². The van der Waals surface area contributed by atoms with E-state index in [-0.39, 0.29) is 12.5 Å². The lowest BCUT2D eigenvalue weighted by molar-refractivity contribution is 0.0870. The van der Waals surface area contributed by atoms with Crippen LogP contribution in [-0.2, 0) is 0 Å². The Balaban J connectivity index is 2.88. The van der Waals surface area contributed by atoms with Gasteiger partial charge in [-0.1, -0.05) is 12.1 Å². The minimum absolute atomic E-state index is 0.0968. The summed E-state index contributed by atoms with van der Waals surface area (Å²) in [5.41, 5.74) is 0.734. The molecular weight excluding hydrogens is 204 g/mol. The Morgan fingerprint density at radius 1 is 1.38 bits per heavy atom. The molecule has 0 heterocycles. The molecule has 0 radical (unpaired) electrons. The van der Waals surface area contributed by atoms with Crippen LogP contribution >= 0.6 is 0 Å². The van der Waals surface area contributed by atoms with Crippen LogP contribution in [0.5, 0.6) is 0 Å². The van der Waals surface area contributed by atoms with E-state index in [0.29, 0.717) is 5.56 Å². The minimum atomic E-state index is -0.613. The third kappa shape index (κ3) is 2.97. The average Bonchev–Trinajstić information content (AvgIpc) is 2.28. The van der Waals surface area contributed by atoms with Gasteiger partial charge in [0, 0.05) is 12.7 Å². The van der Waals surface area contributed by atoms with Gasteiger partial charge >= 0.3 is 0 Å². The van der Waals surface area contributed by atoms with Crippen molar-refractivity contribution in [1.82, 2.24) is 5.32 Å². The van der Waals surface area contributed by atoms with Gasteiger partial charge in [-0.15, -0.1) is 0 Å². The third-order valence-corrected chi connectivity index (χ3v) is 2.29. The first kappa shape index (κ1) is 12.5. The number of anilines is 1. The van der Waals surface area contributed by atoms with Gasteiger partial charge in [0.15, 0.2) is 0 Å². The number of carbonyl (C=O) groups is 1. The smallest absolute Gasteiger partial charge is 0.253 e. The van der Waals surface area contributed by atoms with Crippen molar-refractivity contribution in [2.75, 3.05) is 19.0 Å². The second-order valence-electron chi connectivity index (χ2n) is 4.29. The van der Waals surface area contributed by atoms with Crippen LogP contribution in [0.4, 0.5) is 5.69 Å². The Morgan fingerprint density at radius 3 is 2.56 bits per heavy atom. The van der Waals surface area contributed by atoms with Gasteiger partial charge in [-0.05, 0) is 26.0 Å². The van der Waals surface area contributed by atoms with Crippen LogP contribution in [0.2, 0.25) is 0 Å². The fraction of sp³-hybridized carbons (Fsp3) is 0.417. The number of hydrogen-bond donors (Lipinski definition) is 3. The largest absolute Gasteiger partial charge is 0.394 e. The molecular formula is C12H18N2O2. The van der Waals surface area contributed by atoms with Gasteiger partial charge in [0.1, 0.15) is 0 Å². The van der Waals surface area contributed by atoms with Gasteiger partial charge in [-0.25, -0.2) is 0 Å². The van der Waals surface area contributed by atoms with E-state index in [1.54, 1.807) is 27.0 Å². The lowest BCUT2D eigenvalue weighted by Gasteiger charge is -2.24. The molecule has 0 unspecified atom stereocenters. The van der Waals surface area contributed by atoms with Crippen LogP contribution in [0.25, 0.3) is 0 Å². The molecule has 1 amide bonds. The highest BCUT2D eigenvalue weighted by molar-refractivity contribution is 5.99. The molecule has 1 aromatic rings. The molecule has 88 valence electrons. The van der Waals surface area contributed by atoms with Crippen molar-refractivity contribution in [3.8, 4) is 0 Å². The normalized spacial score (nSPS) is 11.0. The number of para-hydroxylation sites is 1. The maximum atomic E-state index is 11.9. The van der Waals surface area contributed by atoms with Crippen molar-refractivity contribution in [2.45, 2.75) is 19.4 Å². The van der Waals surface area contributed by atoms with E-state index >= 15 is 0 Å². The Morgan fingerprint density at radius 2 is 2.00 bits per heavy atom. The summed E-state index contributed by atoms with van der Waals surface area (Å²) in [4.78, 5) is 11.9. The quantitative estimate of drug-likeness (QED) is 0.718. The molecule has 0 spiro atoms. The second kappa shape index (κ2) is 4.99. The summed E-state index contributed by atoms with van der Waals surface area (Å²) in [6.07, 6.45) is 0. The monoisotopic (exact) mass is 222 g/mol. The first-order valence-corrected chi connectivity index (χ1v) is 5.20. The number of carbonyl (C=O) groups excluding carboxylic acids is 1. The van der Waals surface area contributed by atoms with Crippen LogP contribution in [0.3, 0.4) is 0 Å². The van der Waals surface area contributed by atoms with E-state index in [1.165, 1.54) is 0 Å². The molecule has 0 atom stereocenters. The predicted octanol–water partition coefficient (Wildman–Crippen LogP) is 1.23. The fourth-order valence-corrected chi connectivity index (χ4v) is 1.31. The third-order valence-electron chi connectivity index (χ3n) is 2.29. The Bertz CT molecular complexity index is 375. The van der Waals surface area contributed by atoms with Crippen molar-refractivity contribution in [1.29, 1.82) is 0 Å². The Kier molecular flexibility index (Phi) is 3.90. The molecule has 0 saturated heterocycles. The topological polar surface area (TPSA) is 61.4 Å². The SMILES string of the molecule is CNc1ccccc1C(=O)NC(C)(C)CO. The molecule has 0 aromatic heterocycles. The first-order valence-electron chi connectivity index (χ1n) is 5.20. The first-order chi connectivity index (χ1) is 7.50. The molecule has 16 heavy (non-hydrogen) atoms. The summed E-state index contributed by atoms with van der Waals surface area (Å²) in [7, 11) is 1.77. The molecule has 0 aliphatic carbocycles. The van der Waals surface area contributed by atoms with Gasteiger partial charge in [0.25, 0.3) is 5.91 Å². The number of nitrogens with one attached hydrogen (secondary N) is 2. The van der Waals surface area contributed by atoms with Gasteiger partial charge < -0.3 is 15.7 Å². The van der Waals surface area contributed by atoms with Crippen LogP contribution in [0.15, 0.2) is 24.3 Å². The molecule has 4 nitrogen and oxygen atoms in total. The summed E-state index contributed by atoms with van der Waals surface area (Å²) in [6.45, 7) is 3.44. The summed E-state index contributed by atoms with van der Waals surface area (Å²) in [6, 6.07) is 7.25. The number of benzene rings is 1. The lowest BCUT2D eigenvalue weighted by Crippen LogP contribution is -2.46. The number of hydrogen-bond acceptors (Lipinski definition) is 3. The van der Waals surface area contributed by atoms with Crippen molar-refractivity contribution in [3.05, 3.63) is 29.8 Å². The molecule has 1 rings (SSSR count). The molecule has 0 saturated carbocycles. The van der Waals surface area contributed by atoms with E-state index in [0.717, 1.165) is 5.69 Å². The van der Waals surface area contributed by atoms with E-state index in [1.807, 2.05) is 18.2 Å². The lowest BCUT2D eigenvalue weighted by atomic mass is 10.1. The molecule has 0 aliphatic rings. The van der Waals surface area contributed by atoms with Crippen molar-refractivity contribution in [3.63, 3.8) is 0 Å². The number of aliphatic hydroxyl groups excluding tert-OH is 1. The molecule has 0 fully saturated rings. The molecule has 4 heteroatoms. The van der Waals surface area contributed by atoms with Gasteiger partial charge in [-0.3, -0.25) is 4.79 Å². The maximum absolute atomic E-state index is 11.9. The van der Waals surface area contributed by atoms with E-state index in [4.69, 9.17) is 5.11 Å². The van der Waals surface area contributed by atoms with Crippen LogP contribution < -0.4 is 10.6 Å². The Hall–Kier alpha value is -1.55. The molecule has 0 bridgehead atoms. The summed E-state index contributed by atoms with van der Waals surface area (Å²) < 4.78 is 0. The molecule has 1 aromatic carbocycles. The number of amides is 1. The van der Waals surface area contributed by atoms with Gasteiger partial charge in [-0.2, -0.15) is 0 Å². The maximum Gasteiger partial charge on any atom is 0.253 e. The van der Waals surface area contributed by atoms with Crippen molar-refractivity contribution in [2.24, 2.45) is 0 Å². The van der Waals surface area contributed by atoms with Crippen molar-refractivity contribution < 1.29 is 9.90 Å². The van der Waals surface area contributed by atoms with E-state index in [2.05, 4.69) is 10.6 Å². The molecule has 3 N–H and O–H groups in total. The van der Waals surface area contributed by atoms with E-state index < -0.39 is 5.54 Å². The zero-order chi connectivity index (χ0) is 12.2. The molecule has 0 aliphatic heterocycles. The fourth-order valence-electron chi connectivity index (χ4n) is 1.31. The van der Waals surface area contributed by atoms with Crippen LogP contribution in [0, 0.1) is 0 Å². The van der Waals surface area contributed by atoms with Gasteiger partial charge in [0.05, 0.1) is 17.7 Å². The zero-order valence-corrected chi connectivity index (χ0v) is 9.87. The minimum Gasteiger partial charge on any atom is -0.394 e. The van der Waals surface area contributed by atoms with Crippen LogP contribution in [-0.4, -0.2) is 30.2 Å². The van der Waals surface area contributed by atoms with Gasteiger partial charge in [0.2, 0.25) is 0 Å². The number of rotatable bonds is 4. The van der Waals surface area contributed by atoms with Crippen molar-refractivity contribution >= 4 is 11.6 Å². The zero-order valence-electron chi connectivity index (χ0n) is 9.87. The van der Waals surface area contributed by atoms with Crippen LogP contribution in [0.1, 0.15) is 24.2 Å². The summed E-state index contributed by atoms with van der Waals surface area (Å²) >= 11 is 0. The highest BCUT2D eigenvalue weighted by atomic mass is 16.3. The summed E-state index contributed by atoms with van der Waals surface area (Å²) in [5.74, 6) is -0.191. The second-order valence-corrected chi connectivity index (χ2v) is 4.29. The summed E-state index contributed by atoms with van der Waals surface area (Å²) in [5, 5.41) is 14.8. The Labute approximate surface area is 95.7 Å².